The molecule has 0 aliphatic carbocycles. The summed E-state index contributed by atoms with van der Waals surface area (Å²) in [7, 11) is 6.25. The minimum atomic E-state index is -0.150. The maximum Gasteiger partial charge on any atom is 0.277 e. The number of fused-ring (bicyclic) bond motifs is 3. The molecule has 0 atom stereocenters. The van der Waals surface area contributed by atoms with Gasteiger partial charge in [-0.25, -0.2) is 4.98 Å². The fourth-order valence-electron chi connectivity index (χ4n) is 4.02. The zero-order valence-corrected chi connectivity index (χ0v) is 19.1. The summed E-state index contributed by atoms with van der Waals surface area (Å²) in [4.78, 5) is 22.9. The van der Waals surface area contributed by atoms with Gasteiger partial charge in [-0.2, -0.15) is 4.98 Å². The van der Waals surface area contributed by atoms with Gasteiger partial charge in [-0.1, -0.05) is 6.92 Å². The molecule has 0 amide bonds. The lowest BCUT2D eigenvalue weighted by Gasteiger charge is -2.16. The second-order valence-electron chi connectivity index (χ2n) is 7.27. The summed E-state index contributed by atoms with van der Waals surface area (Å²) in [5.41, 5.74) is 3.12. The number of pyridine rings is 1. The van der Waals surface area contributed by atoms with E-state index in [0.29, 0.717) is 51.9 Å². The molecule has 0 fully saturated rings. The van der Waals surface area contributed by atoms with Crippen molar-refractivity contribution in [2.24, 2.45) is 0 Å². The number of hydrogen-bond donors (Lipinski definition) is 0. The van der Waals surface area contributed by atoms with Gasteiger partial charge in [0.2, 0.25) is 11.6 Å². The van der Waals surface area contributed by atoms with Crippen LogP contribution in [0.25, 0.3) is 16.7 Å². The van der Waals surface area contributed by atoms with Crippen LogP contribution in [0, 0.1) is 6.92 Å². The Morgan fingerprint density at radius 1 is 0.938 bits per heavy atom. The van der Waals surface area contributed by atoms with Crippen molar-refractivity contribution < 1.29 is 18.9 Å². The van der Waals surface area contributed by atoms with Gasteiger partial charge in [0.05, 0.1) is 46.2 Å². The summed E-state index contributed by atoms with van der Waals surface area (Å²) >= 11 is 0. The molecule has 9 heteroatoms. The number of benzene rings is 1. The van der Waals surface area contributed by atoms with Gasteiger partial charge in [0.25, 0.3) is 5.56 Å². The van der Waals surface area contributed by atoms with Crippen LogP contribution in [0.3, 0.4) is 0 Å². The fraction of sp³-hybridized carbons (Fsp3) is 0.348. The van der Waals surface area contributed by atoms with Gasteiger partial charge in [-0.15, -0.1) is 0 Å². The molecule has 0 radical (unpaired) electrons. The van der Waals surface area contributed by atoms with Gasteiger partial charge in [0, 0.05) is 12.5 Å². The minimum Gasteiger partial charge on any atom is -0.493 e. The lowest BCUT2D eigenvalue weighted by molar-refractivity contribution is 0.323. The number of imidazole rings is 1. The van der Waals surface area contributed by atoms with Crippen LogP contribution < -0.4 is 24.5 Å². The van der Waals surface area contributed by atoms with Crippen molar-refractivity contribution >= 4 is 16.7 Å². The maximum atomic E-state index is 13.6. The lowest BCUT2D eigenvalue weighted by Crippen LogP contribution is -2.24. The third-order valence-electron chi connectivity index (χ3n) is 5.49. The molecular formula is C23H26N4O5. The summed E-state index contributed by atoms with van der Waals surface area (Å²) < 4.78 is 25.2. The van der Waals surface area contributed by atoms with Crippen LogP contribution in [0.4, 0.5) is 0 Å². The average Bonchev–Trinajstić information content (AvgIpc) is 3.17. The number of aryl methyl sites for hydroxylation is 2. The monoisotopic (exact) mass is 438 g/mol. The van der Waals surface area contributed by atoms with E-state index < -0.39 is 0 Å². The van der Waals surface area contributed by atoms with Gasteiger partial charge >= 0.3 is 0 Å². The van der Waals surface area contributed by atoms with Crippen LogP contribution in [-0.2, 0) is 13.0 Å². The molecule has 3 heterocycles. The molecule has 0 aliphatic heterocycles. The molecule has 0 saturated carbocycles. The second-order valence-corrected chi connectivity index (χ2v) is 7.27. The zero-order valence-electron chi connectivity index (χ0n) is 19.1. The normalized spacial score (nSPS) is 11.2. The summed E-state index contributed by atoms with van der Waals surface area (Å²) in [5.74, 6) is 2.78. The second kappa shape index (κ2) is 8.41. The highest BCUT2D eigenvalue weighted by Gasteiger charge is 2.20. The summed E-state index contributed by atoms with van der Waals surface area (Å²) in [6.45, 7) is 4.12. The number of nitrogens with zero attached hydrogens (tertiary/aromatic N) is 4. The number of aromatic nitrogens is 4. The minimum absolute atomic E-state index is 0.150. The molecule has 1 aromatic carbocycles. The number of methoxy groups -OCH3 is 4. The predicted molar refractivity (Wildman–Crippen MR) is 121 cm³/mol. The van der Waals surface area contributed by atoms with Gasteiger partial charge in [-0.3, -0.25) is 13.8 Å². The molecule has 9 nitrogen and oxygen atoms in total. The Morgan fingerprint density at radius 3 is 2.19 bits per heavy atom. The van der Waals surface area contributed by atoms with E-state index in [1.807, 2.05) is 36.4 Å². The van der Waals surface area contributed by atoms with Crippen LogP contribution in [-0.4, -0.2) is 47.4 Å². The Hall–Kier alpha value is -3.75. The molecule has 4 rings (SSSR count). The van der Waals surface area contributed by atoms with Crippen molar-refractivity contribution in [3.63, 3.8) is 0 Å². The van der Waals surface area contributed by atoms with E-state index in [0.717, 1.165) is 11.4 Å². The van der Waals surface area contributed by atoms with E-state index in [9.17, 15) is 4.79 Å². The van der Waals surface area contributed by atoms with Crippen LogP contribution in [0.5, 0.6) is 23.1 Å². The first kappa shape index (κ1) is 21.5. The maximum absolute atomic E-state index is 13.6. The molecule has 0 saturated heterocycles. The standard InChI is InChI=1S/C23H26N4O5/c1-7-18-24-13(2)20-23(28)26(15-8-9-19(31-5)25-22(15)27(18)20)12-14-10-16(29-3)21(32-6)17(11-14)30-4/h8-11H,7,12H2,1-6H3. The van der Waals surface area contributed by atoms with Gasteiger partial charge in [0.1, 0.15) is 11.3 Å². The van der Waals surface area contributed by atoms with Gasteiger partial charge in [0.15, 0.2) is 17.1 Å². The third-order valence-corrected chi connectivity index (χ3v) is 5.49. The SMILES string of the molecule is CCc1nc(C)c2c(=O)n(Cc3cc(OC)c(OC)c(OC)c3)c3ccc(OC)nc3n12. The summed E-state index contributed by atoms with van der Waals surface area (Å²) in [5, 5.41) is 0. The van der Waals surface area contributed by atoms with Crippen LogP contribution in [0.2, 0.25) is 0 Å². The number of ether oxygens (including phenoxy) is 4. The van der Waals surface area contributed by atoms with Crippen molar-refractivity contribution in [1.82, 2.24) is 18.9 Å². The molecule has 0 aliphatic rings. The van der Waals surface area contributed by atoms with Crippen LogP contribution in [0.15, 0.2) is 29.1 Å². The van der Waals surface area contributed by atoms with Crippen molar-refractivity contribution in [2.45, 2.75) is 26.8 Å². The Labute approximate surface area is 185 Å². The van der Waals surface area contributed by atoms with Crippen LogP contribution in [0.1, 0.15) is 24.0 Å². The first-order valence-corrected chi connectivity index (χ1v) is 10.2. The molecule has 3 aromatic heterocycles. The summed E-state index contributed by atoms with van der Waals surface area (Å²) in [6, 6.07) is 7.26. The first-order chi connectivity index (χ1) is 15.5. The third kappa shape index (κ3) is 3.30. The van der Waals surface area contributed by atoms with Crippen molar-refractivity contribution in [3.8, 4) is 23.1 Å². The Kier molecular flexibility index (Phi) is 5.65. The highest BCUT2D eigenvalue weighted by atomic mass is 16.5. The quantitative estimate of drug-likeness (QED) is 0.438. The van der Waals surface area contributed by atoms with E-state index in [4.69, 9.17) is 18.9 Å². The van der Waals surface area contributed by atoms with E-state index in [2.05, 4.69) is 9.97 Å². The molecule has 0 N–H and O–H groups in total. The predicted octanol–water partition coefficient (Wildman–Crippen LogP) is 3.00. The van der Waals surface area contributed by atoms with E-state index in [1.54, 1.807) is 39.1 Å². The first-order valence-electron chi connectivity index (χ1n) is 10.2. The van der Waals surface area contributed by atoms with Crippen molar-refractivity contribution in [2.75, 3.05) is 28.4 Å². The molecular weight excluding hydrogens is 412 g/mol. The van der Waals surface area contributed by atoms with E-state index in [-0.39, 0.29) is 12.1 Å². The zero-order chi connectivity index (χ0) is 23.0. The number of hydrogen-bond acceptors (Lipinski definition) is 7. The van der Waals surface area contributed by atoms with Gasteiger partial charge in [-0.05, 0) is 30.7 Å². The Balaban J connectivity index is 2.02. The Morgan fingerprint density at radius 2 is 1.62 bits per heavy atom. The highest BCUT2D eigenvalue weighted by Crippen LogP contribution is 2.38. The fourth-order valence-corrected chi connectivity index (χ4v) is 4.02. The molecule has 4 aromatic rings. The average molecular weight is 438 g/mol. The van der Waals surface area contributed by atoms with Crippen molar-refractivity contribution in [3.05, 3.63) is 51.7 Å². The lowest BCUT2D eigenvalue weighted by atomic mass is 10.1. The smallest absolute Gasteiger partial charge is 0.277 e. The van der Waals surface area contributed by atoms with Gasteiger partial charge < -0.3 is 18.9 Å². The van der Waals surface area contributed by atoms with E-state index in [1.165, 1.54) is 0 Å². The number of rotatable bonds is 7. The molecule has 0 unspecified atom stereocenters. The Bertz CT molecular complexity index is 1350. The molecule has 168 valence electrons. The topological polar surface area (TPSA) is 89.1 Å². The highest BCUT2D eigenvalue weighted by molar-refractivity contribution is 5.77. The largest absolute Gasteiger partial charge is 0.493 e. The van der Waals surface area contributed by atoms with E-state index >= 15 is 0 Å². The van der Waals surface area contributed by atoms with Crippen LogP contribution >= 0.6 is 0 Å². The molecule has 0 spiro atoms. The summed E-state index contributed by atoms with van der Waals surface area (Å²) in [6.07, 6.45) is 0.666. The molecule has 32 heavy (non-hydrogen) atoms. The van der Waals surface area contributed by atoms with Crippen molar-refractivity contribution in [1.29, 1.82) is 0 Å². The molecule has 0 bridgehead atoms.